The second-order valence-corrected chi connectivity index (χ2v) is 7.48. The molecular formula is C16H25N3O3S. The van der Waals surface area contributed by atoms with Gasteiger partial charge in [0.25, 0.3) is 0 Å². The van der Waals surface area contributed by atoms with Crippen molar-refractivity contribution in [3.63, 3.8) is 0 Å². The minimum absolute atomic E-state index is 0.0723. The Kier molecular flexibility index (Phi) is 5.31. The predicted octanol–water partition coefficient (Wildman–Crippen LogP) is 1.29. The lowest BCUT2D eigenvalue weighted by molar-refractivity contribution is -0.172. The molecule has 0 aliphatic carbocycles. The number of aryl methyl sites for hydroxylation is 1. The molecule has 2 aliphatic rings. The van der Waals surface area contributed by atoms with E-state index in [4.69, 9.17) is 9.47 Å². The molecule has 1 aromatic rings. The van der Waals surface area contributed by atoms with Crippen LogP contribution in [0.4, 0.5) is 0 Å². The fourth-order valence-corrected chi connectivity index (χ4v) is 3.92. The molecule has 7 heteroatoms. The van der Waals surface area contributed by atoms with E-state index in [0.29, 0.717) is 13.1 Å². The van der Waals surface area contributed by atoms with Gasteiger partial charge in [-0.3, -0.25) is 4.79 Å². The highest BCUT2D eigenvalue weighted by molar-refractivity contribution is 7.09. The monoisotopic (exact) mass is 339 g/mol. The quantitative estimate of drug-likeness (QED) is 0.809. The van der Waals surface area contributed by atoms with Crippen molar-refractivity contribution in [1.29, 1.82) is 0 Å². The molecule has 1 aromatic heterocycles. The van der Waals surface area contributed by atoms with E-state index in [1.807, 2.05) is 17.2 Å². The Morgan fingerprint density at radius 2 is 2.22 bits per heavy atom. The number of methoxy groups -OCH3 is 1. The van der Waals surface area contributed by atoms with Gasteiger partial charge < -0.3 is 19.3 Å². The molecule has 1 amide bonds. The Morgan fingerprint density at radius 1 is 1.43 bits per heavy atom. The van der Waals surface area contributed by atoms with Crippen molar-refractivity contribution in [2.45, 2.75) is 31.9 Å². The first-order valence-corrected chi connectivity index (χ1v) is 9.02. The third-order valence-corrected chi connectivity index (χ3v) is 5.55. The van der Waals surface area contributed by atoms with Crippen LogP contribution in [0.3, 0.4) is 0 Å². The van der Waals surface area contributed by atoms with Crippen molar-refractivity contribution >= 4 is 17.2 Å². The maximum absolute atomic E-state index is 12.2. The third kappa shape index (κ3) is 4.09. The van der Waals surface area contributed by atoms with Gasteiger partial charge in [-0.2, -0.15) is 0 Å². The van der Waals surface area contributed by atoms with Gasteiger partial charge in [0, 0.05) is 32.1 Å². The van der Waals surface area contributed by atoms with Crippen molar-refractivity contribution < 1.29 is 14.3 Å². The molecule has 6 nitrogen and oxygen atoms in total. The van der Waals surface area contributed by atoms with Gasteiger partial charge in [0.2, 0.25) is 5.91 Å². The number of morpholine rings is 1. The smallest absolute Gasteiger partial charge is 0.249 e. The summed E-state index contributed by atoms with van der Waals surface area (Å²) in [5.41, 5.74) is 0.804. The lowest BCUT2D eigenvalue weighted by Crippen LogP contribution is -2.58. The zero-order valence-electron chi connectivity index (χ0n) is 13.9. The van der Waals surface area contributed by atoms with Crippen LogP contribution >= 0.6 is 11.3 Å². The number of rotatable bonds is 5. The summed E-state index contributed by atoms with van der Waals surface area (Å²) in [6.07, 6.45) is 1.94. The van der Waals surface area contributed by atoms with Gasteiger partial charge in [-0.1, -0.05) is 0 Å². The Balaban J connectivity index is 1.58. The number of piperidine rings is 1. The van der Waals surface area contributed by atoms with Crippen LogP contribution in [0.25, 0.3) is 0 Å². The van der Waals surface area contributed by atoms with Crippen LogP contribution in [-0.4, -0.2) is 72.8 Å². The lowest BCUT2D eigenvalue weighted by Gasteiger charge is -2.46. The summed E-state index contributed by atoms with van der Waals surface area (Å²) in [6, 6.07) is 0. The molecule has 2 fully saturated rings. The first kappa shape index (κ1) is 16.8. The van der Waals surface area contributed by atoms with Crippen LogP contribution < -0.4 is 0 Å². The number of hydrogen-bond donors (Lipinski definition) is 0. The highest BCUT2D eigenvalue weighted by Crippen LogP contribution is 2.31. The van der Waals surface area contributed by atoms with Crippen LogP contribution in [0.1, 0.15) is 23.5 Å². The Morgan fingerprint density at radius 3 is 2.87 bits per heavy atom. The predicted molar refractivity (Wildman–Crippen MR) is 88.5 cm³/mol. The first-order valence-electron chi connectivity index (χ1n) is 8.14. The van der Waals surface area contributed by atoms with Crippen LogP contribution in [0.2, 0.25) is 0 Å². The van der Waals surface area contributed by atoms with E-state index in [2.05, 4.69) is 9.88 Å². The zero-order chi connectivity index (χ0) is 16.3. The Bertz CT molecular complexity index is 540. The first-order chi connectivity index (χ1) is 11.1. The number of ether oxygens (including phenoxy) is 2. The highest BCUT2D eigenvalue weighted by atomic mass is 32.1. The topological polar surface area (TPSA) is 54.9 Å². The van der Waals surface area contributed by atoms with Gasteiger partial charge in [0.15, 0.2) is 0 Å². The summed E-state index contributed by atoms with van der Waals surface area (Å²) in [4.78, 5) is 21.0. The molecule has 0 N–H and O–H groups in total. The van der Waals surface area contributed by atoms with Gasteiger partial charge in [-0.25, -0.2) is 4.98 Å². The number of thiazole rings is 1. The zero-order valence-corrected chi connectivity index (χ0v) is 14.7. The third-order valence-electron chi connectivity index (χ3n) is 4.73. The largest absolute Gasteiger partial charge is 0.383 e. The summed E-state index contributed by atoms with van der Waals surface area (Å²) in [6.45, 7) is 7.20. The average Bonchev–Trinajstić information content (AvgIpc) is 2.96. The normalized spacial score (nSPS) is 22.0. The highest BCUT2D eigenvalue weighted by Gasteiger charge is 2.42. The lowest BCUT2D eigenvalue weighted by atomic mass is 9.89. The summed E-state index contributed by atoms with van der Waals surface area (Å²) in [5, 5.41) is 3.08. The molecule has 2 saturated heterocycles. The SMILES string of the molecule is COCCN1CCC2(CC1)CN(Cc1csc(C)n1)C(=O)CO2. The van der Waals surface area contributed by atoms with E-state index in [9.17, 15) is 4.79 Å². The number of aromatic nitrogens is 1. The molecule has 0 unspecified atom stereocenters. The number of nitrogens with zero attached hydrogens (tertiary/aromatic N) is 3. The second-order valence-electron chi connectivity index (χ2n) is 6.41. The fourth-order valence-electron chi connectivity index (χ4n) is 3.32. The van der Waals surface area contributed by atoms with Crippen molar-refractivity contribution in [3.05, 3.63) is 16.1 Å². The summed E-state index contributed by atoms with van der Waals surface area (Å²) < 4.78 is 11.1. The van der Waals surface area contributed by atoms with Crippen LogP contribution in [0.5, 0.6) is 0 Å². The molecule has 1 spiro atoms. The van der Waals surface area contributed by atoms with Crippen LogP contribution in [-0.2, 0) is 20.8 Å². The van der Waals surface area contributed by atoms with E-state index < -0.39 is 0 Å². The molecule has 0 atom stereocenters. The maximum Gasteiger partial charge on any atom is 0.249 e. The van der Waals surface area contributed by atoms with Crippen molar-refractivity contribution in [1.82, 2.24) is 14.8 Å². The van der Waals surface area contributed by atoms with Crippen molar-refractivity contribution in [3.8, 4) is 0 Å². The van der Waals surface area contributed by atoms with E-state index >= 15 is 0 Å². The molecule has 2 aliphatic heterocycles. The number of amides is 1. The van der Waals surface area contributed by atoms with E-state index in [0.717, 1.165) is 49.8 Å². The molecule has 0 bridgehead atoms. The molecule has 3 rings (SSSR count). The van der Waals surface area contributed by atoms with Gasteiger partial charge >= 0.3 is 0 Å². The minimum Gasteiger partial charge on any atom is -0.383 e. The Hall–Kier alpha value is -1.02. The van der Waals surface area contributed by atoms with Gasteiger partial charge in [-0.05, 0) is 19.8 Å². The number of likely N-dealkylation sites (tertiary alicyclic amines) is 1. The summed E-state index contributed by atoms with van der Waals surface area (Å²) in [7, 11) is 1.74. The van der Waals surface area contributed by atoms with Crippen molar-refractivity contribution in [2.24, 2.45) is 0 Å². The van der Waals surface area contributed by atoms with Crippen molar-refractivity contribution in [2.75, 3.05) is 46.5 Å². The molecule has 0 radical (unpaired) electrons. The standard InChI is InChI=1S/C16H25N3O3S/c1-13-17-14(11-23-13)9-19-12-16(22-10-15(19)20)3-5-18(6-4-16)7-8-21-2/h11H,3-10,12H2,1-2H3. The second kappa shape index (κ2) is 7.25. The van der Waals surface area contributed by atoms with Gasteiger partial charge in [0.05, 0.1) is 36.0 Å². The van der Waals surface area contributed by atoms with Gasteiger partial charge in [0.1, 0.15) is 6.61 Å². The average molecular weight is 339 g/mol. The summed E-state index contributed by atoms with van der Waals surface area (Å²) >= 11 is 1.63. The van der Waals surface area contributed by atoms with Crippen LogP contribution in [0.15, 0.2) is 5.38 Å². The van der Waals surface area contributed by atoms with E-state index in [1.165, 1.54) is 0 Å². The van der Waals surface area contributed by atoms with Gasteiger partial charge in [-0.15, -0.1) is 11.3 Å². The molecule has 23 heavy (non-hydrogen) atoms. The Labute approximate surface area is 141 Å². The number of carbonyl (C=O) groups is 1. The molecular weight excluding hydrogens is 314 g/mol. The van der Waals surface area contributed by atoms with E-state index in [1.54, 1.807) is 18.4 Å². The number of hydrogen-bond acceptors (Lipinski definition) is 6. The minimum atomic E-state index is -0.178. The summed E-state index contributed by atoms with van der Waals surface area (Å²) in [5.74, 6) is 0.0723. The van der Waals surface area contributed by atoms with Crippen LogP contribution in [0, 0.1) is 6.92 Å². The molecule has 0 aromatic carbocycles. The van der Waals surface area contributed by atoms with E-state index in [-0.39, 0.29) is 18.1 Å². The molecule has 128 valence electrons. The maximum atomic E-state index is 12.2. The molecule has 3 heterocycles. The number of carbonyl (C=O) groups excluding carboxylic acids is 1. The molecule has 0 saturated carbocycles. The fraction of sp³-hybridized carbons (Fsp3) is 0.750.